The Kier molecular flexibility index (Phi) is 4.58. The summed E-state index contributed by atoms with van der Waals surface area (Å²) < 4.78 is 10.9. The molecule has 1 fully saturated rings. The molecule has 2 aliphatic rings. The monoisotopic (exact) mass is 367 g/mol. The Bertz CT molecular complexity index is 835. The number of morpholine rings is 1. The Labute approximate surface area is 157 Å². The summed E-state index contributed by atoms with van der Waals surface area (Å²) in [7, 11) is 0. The number of carbonyl (C=O) groups excluding carboxylic acids is 1. The maximum Gasteiger partial charge on any atom is 0.409 e. The lowest BCUT2D eigenvalue weighted by Gasteiger charge is -2.34. The lowest BCUT2D eigenvalue weighted by atomic mass is 9.98. The molecule has 0 radical (unpaired) electrons. The van der Waals surface area contributed by atoms with E-state index in [4.69, 9.17) is 9.47 Å². The smallest absolute Gasteiger partial charge is 0.409 e. The van der Waals surface area contributed by atoms with Gasteiger partial charge in [-0.15, -0.1) is 0 Å². The van der Waals surface area contributed by atoms with E-state index in [2.05, 4.69) is 24.3 Å². The van der Waals surface area contributed by atoms with E-state index in [9.17, 15) is 14.7 Å². The summed E-state index contributed by atoms with van der Waals surface area (Å²) in [6.07, 6.45) is -1.87. The first kappa shape index (κ1) is 17.5. The number of hydrogen-bond donors (Lipinski definition) is 1. The van der Waals surface area contributed by atoms with E-state index in [1.165, 1.54) is 16.0 Å². The van der Waals surface area contributed by atoms with Crippen molar-refractivity contribution < 1.29 is 24.2 Å². The highest BCUT2D eigenvalue weighted by molar-refractivity contribution is 5.79. The molecule has 140 valence electrons. The Morgan fingerprint density at radius 3 is 2.26 bits per heavy atom. The van der Waals surface area contributed by atoms with Crippen LogP contribution < -0.4 is 0 Å². The summed E-state index contributed by atoms with van der Waals surface area (Å²) in [6, 6.07) is 16.3. The van der Waals surface area contributed by atoms with Gasteiger partial charge in [-0.05, 0) is 29.2 Å². The van der Waals surface area contributed by atoms with Gasteiger partial charge in [0.25, 0.3) is 0 Å². The van der Waals surface area contributed by atoms with Gasteiger partial charge in [-0.2, -0.15) is 0 Å². The number of amides is 1. The molecular weight excluding hydrogens is 346 g/mol. The van der Waals surface area contributed by atoms with E-state index in [1.54, 1.807) is 6.92 Å². The molecule has 1 aliphatic heterocycles. The van der Waals surface area contributed by atoms with E-state index in [0.717, 1.165) is 11.1 Å². The molecule has 1 N–H and O–H groups in total. The predicted molar refractivity (Wildman–Crippen MR) is 98.6 cm³/mol. The molecule has 1 saturated heterocycles. The van der Waals surface area contributed by atoms with Crippen LogP contribution in [0, 0.1) is 0 Å². The average Bonchev–Trinajstić information content (AvgIpc) is 2.99. The first-order valence-electron chi connectivity index (χ1n) is 9.02. The van der Waals surface area contributed by atoms with E-state index < -0.39 is 18.2 Å². The van der Waals surface area contributed by atoms with Gasteiger partial charge < -0.3 is 19.5 Å². The number of benzene rings is 2. The zero-order valence-electron chi connectivity index (χ0n) is 15.0. The number of hydrogen-bond acceptors (Lipinski definition) is 4. The third-order valence-corrected chi connectivity index (χ3v) is 5.13. The third kappa shape index (κ3) is 3.28. The standard InChI is InChI=1S/C21H21NO5/c1-13-10-22(11-19(27-13)20(23)24)21(25)26-12-18-16-8-4-2-6-14(16)15-7-3-5-9-17(15)18/h2-9,13,18-19H,10-12H2,1H3,(H,23,24)/t13-,19+/m1/s1. The third-order valence-electron chi connectivity index (χ3n) is 5.13. The van der Waals surface area contributed by atoms with Crippen LogP contribution in [-0.4, -0.2) is 54.0 Å². The molecule has 0 bridgehead atoms. The minimum absolute atomic E-state index is 0.00362. The molecule has 6 heteroatoms. The van der Waals surface area contributed by atoms with E-state index in [0.29, 0.717) is 6.54 Å². The Morgan fingerprint density at radius 2 is 1.67 bits per heavy atom. The quantitative estimate of drug-likeness (QED) is 0.902. The van der Waals surface area contributed by atoms with E-state index in [-0.39, 0.29) is 25.2 Å². The van der Waals surface area contributed by atoms with Crippen LogP contribution in [0.1, 0.15) is 24.0 Å². The maximum absolute atomic E-state index is 12.5. The topological polar surface area (TPSA) is 76.1 Å². The molecule has 2 atom stereocenters. The number of nitrogens with zero attached hydrogens (tertiary/aromatic N) is 1. The first-order valence-corrected chi connectivity index (χ1v) is 9.02. The highest BCUT2D eigenvalue weighted by Crippen LogP contribution is 2.44. The second-order valence-corrected chi connectivity index (χ2v) is 6.98. The van der Waals surface area contributed by atoms with Gasteiger partial charge in [-0.1, -0.05) is 48.5 Å². The number of fused-ring (bicyclic) bond motifs is 3. The van der Waals surface area contributed by atoms with Gasteiger partial charge in [0.05, 0.1) is 19.2 Å². The Balaban J connectivity index is 1.49. The first-order chi connectivity index (χ1) is 13.0. The van der Waals surface area contributed by atoms with Crippen molar-refractivity contribution in [2.45, 2.75) is 25.0 Å². The predicted octanol–water partition coefficient (Wildman–Crippen LogP) is 3.11. The molecule has 1 amide bonds. The van der Waals surface area contributed by atoms with Gasteiger partial charge in [0.1, 0.15) is 6.61 Å². The summed E-state index contributed by atoms with van der Waals surface area (Å²) in [5.74, 6) is -1.09. The molecule has 2 aromatic rings. The zero-order valence-corrected chi connectivity index (χ0v) is 15.0. The summed E-state index contributed by atoms with van der Waals surface area (Å²) in [4.78, 5) is 25.2. The maximum atomic E-state index is 12.5. The minimum Gasteiger partial charge on any atom is -0.479 e. The number of ether oxygens (including phenoxy) is 2. The average molecular weight is 367 g/mol. The SMILES string of the molecule is C[C@@H]1CN(C(=O)OCC2c3ccccc3-c3ccccc32)C[C@@H](C(=O)O)O1. The molecule has 27 heavy (non-hydrogen) atoms. The number of carbonyl (C=O) groups is 2. The number of aliphatic carboxylic acids is 1. The molecule has 0 saturated carbocycles. The van der Waals surface area contributed by atoms with Gasteiger partial charge >= 0.3 is 12.1 Å². The Hall–Kier alpha value is -2.86. The van der Waals surface area contributed by atoms with Crippen molar-refractivity contribution in [3.63, 3.8) is 0 Å². The normalized spacial score (nSPS) is 21.4. The molecule has 2 aromatic carbocycles. The summed E-state index contributed by atoms with van der Waals surface area (Å²) in [5, 5.41) is 9.17. The molecule has 6 nitrogen and oxygen atoms in total. The summed E-state index contributed by atoms with van der Waals surface area (Å²) in [5.41, 5.74) is 4.62. The fourth-order valence-corrected chi connectivity index (χ4v) is 3.92. The summed E-state index contributed by atoms with van der Waals surface area (Å²) in [6.45, 7) is 2.28. The number of rotatable bonds is 3. The minimum atomic E-state index is -1.07. The summed E-state index contributed by atoms with van der Waals surface area (Å²) >= 11 is 0. The van der Waals surface area contributed by atoms with Crippen LogP contribution in [-0.2, 0) is 14.3 Å². The van der Waals surface area contributed by atoms with Crippen LogP contribution in [0.3, 0.4) is 0 Å². The lowest BCUT2D eigenvalue weighted by molar-refractivity contribution is -0.161. The van der Waals surface area contributed by atoms with Crippen molar-refractivity contribution in [2.24, 2.45) is 0 Å². The highest BCUT2D eigenvalue weighted by atomic mass is 16.6. The molecule has 1 aliphatic carbocycles. The molecular formula is C21H21NO5. The van der Waals surface area contributed by atoms with Crippen molar-refractivity contribution >= 4 is 12.1 Å². The van der Waals surface area contributed by atoms with Gasteiger partial charge in [0.15, 0.2) is 6.10 Å². The lowest BCUT2D eigenvalue weighted by Crippen LogP contribution is -2.52. The largest absolute Gasteiger partial charge is 0.479 e. The van der Waals surface area contributed by atoms with Gasteiger partial charge in [-0.25, -0.2) is 9.59 Å². The van der Waals surface area contributed by atoms with Crippen LogP contribution in [0.4, 0.5) is 4.79 Å². The Morgan fingerprint density at radius 1 is 1.07 bits per heavy atom. The van der Waals surface area contributed by atoms with E-state index >= 15 is 0 Å². The number of carboxylic acids is 1. The molecule has 4 rings (SSSR count). The molecule has 0 unspecified atom stereocenters. The zero-order chi connectivity index (χ0) is 19.0. The van der Waals surface area contributed by atoms with Crippen LogP contribution >= 0.6 is 0 Å². The van der Waals surface area contributed by atoms with Crippen LogP contribution in [0.2, 0.25) is 0 Å². The fraction of sp³-hybridized carbons (Fsp3) is 0.333. The van der Waals surface area contributed by atoms with Gasteiger partial charge in [0.2, 0.25) is 0 Å². The van der Waals surface area contributed by atoms with Crippen LogP contribution in [0.5, 0.6) is 0 Å². The molecule has 1 heterocycles. The van der Waals surface area contributed by atoms with Gasteiger partial charge in [-0.3, -0.25) is 0 Å². The molecule has 0 aromatic heterocycles. The second kappa shape index (κ2) is 7.04. The fourth-order valence-electron chi connectivity index (χ4n) is 3.92. The van der Waals surface area contributed by atoms with Gasteiger partial charge in [0, 0.05) is 5.92 Å². The van der Waals surface area contributed by atoms with Crippen LogP contribution in [0.15, 0.2) is 48.5 Å². The second-order valence-electron chi connectivity index (χ2n) is 6.98. The van der Waals surface area contributed by atoms with Crippen molar-refractivity contribution in [3.05, 3.63) is 59.7 Å². The van der Waals surface area contributed by atoms with Crippen molar-refractivity contribution in [3.8, 4) is 11.1 Å². The van der Waals surface area contributed by atoms with E-state index in [1.807, 2.05) is 24.3 Å². The van der Waals surface area contributed by atoms with Crippen molar-refractivity contribution in [1.82, 2.24) is 4.90 Å². The van der Waals surface area contributed by atoms with Crippen molar-refractivity contribution in [1.29, 1.82) is 0 Å². The molecule has 0 spiro atoms. The van der Waals surface area contributed by atoms with Crippen LogP contribution in [0.25, 0.3) is 11.1 Å². The number of carboxylic acid groups (broad SMARTS) is 1. The van der Waals surface area contributed by atoms with Crippen molar-refractivity contribution in [2.75, 3.05) is 19.7 Å². The highest BCUT2D eigenvalue weighted by Gasteiger charge is 2.34.